The zero-order valence-corrected chi connectivity index (χ0v) is 11.9. The summed E-state index contributed by atoms with van der Waals surface area (Å²) in [6.07, 6.45) is 1.77. The molecule has 2 nitrogen and oxygen atoms in total. The van der Waals surface area contributed by atoms with Crippen molar-refractivity contribution in [1.29, 1.82) is 0 Å². The number of aryl methyl sites for hydroxylation is 3. The van der Waals surface area contributed by atoms with Crippen LogP contribution in [0.1, 0.15) is 41.0 Å². The molecule has 1 heterocycles. The zero-order chi connectivity index (χ0) is 14.0. The summed E-state index contributed by atoms with van der Waals surface area (Å²) >= 11 is 0. The van der Waals surface area contributed by atoms with Crippen molar-refractivity contribution in [2.75, 3.05) is 6.54 Å². The van der Waals surface area contributed by atoms with Gasteiger partial charge in [-0.05, 0) is 62.2 Å². The van der Waals surface area contributed by atoms with Crippen LogP contribution in [-0.2, 0) is 0 Å². The van der Waals surface area contributed by atoms with Crippen molar-refractivity contribution >= 4 is 0 Å². The molecule has 1 atom stereocenters. The molecule has 2 aromatic rings. The molecule has 1 aromatic carbocycles. The van der Waals surface area contributed by atoms with Gasteiger partial charge in [0, 0.05) is 5.56 Å². The van der Waals surface area contributed by atoms with E-state index in [0.717, 1.165) is 34.6 Å². The van der Waals surface area contributed by atoms with Crippen LogP contribution in [0, 0.1) is 26.6 Å². The first-order valence-corrected chi connectivity index (χ1v) is 6.58. The van der Waals surface area contributed by atoms with Crippen LogP contribution < -0.4 is 5.32 Å². The van der Waals surface area contributed by atoms with Gasteiger partial charge in [0.1, 0.15) is 11.6 Å². The zero-order valence-electron chi connectivity index (χ0n) is 11.9. The summed E-state index contributed by atoms with van der Waals surface area (Å²) in [6, 6.07) is 5.23. The summed E-state index contributed by atoms with van der Waals surface area (Å²) in [5, 5.41) is 3.45. The largest absolute Gasteiger partial charge is 0.469 e. The SMILES string of the molecule is CCNC(c1coc(C)c1)c1c(C)cc(F)cc1C. The molecule has 0 aliphatic carbocycles. The van der Waals surface area contributed by atoms with Gasteiger partial charge in [0.2, 0.25) is 0 Å². The van der Waals surface area contributed by atoms with Gasteiger partial charge < -0.3 is 9.73 Å². The van der Waals surface area contributed by atoms with Gasteiger partial charge in [-0.25, -0.2) is 4.39 Å². The molecule has 1 unspecified atom stereocenters. The van der Waals surface area contributed by atoms with E-state index >= 15 is 0 Å². The summed E-state index contributed by atoms with van der Waals surface area (Å²) in [6.45, 7) is 8.72. The first-order valence-electron chi connectivity index (χ1n) is 6.58. The number of nitrogens with one attached hydrogen (secondary N) is 1. The van der Waals surface area contributed by atoms with Crippen LogP contribution in [0.5, 0.6) is 0 Å². The molecule has 3 heteroatoms. The fraction of sp³-hybridized carbons (Fsp3) is 0.375. The Balaban J connectivity index is 2.51. The molecule has 1 N–H and O–H groups in total. The van der Waals surface area contributed by atoms with Gasteiger partial charge in [-0.3, -0.25) is 0 Å². The number of furan rings is 1. The maximum Gasteiger partial charge on any atom is 0.123 e. The Bertz CT molecular complexity index is 551. The van der Waals surface area contributed by atoms with Crippen molar-refractivity contribution in [3.05, 3.63) is 58.3 Å². The molecule has 102 valence electrons. The Morgan fingerprint density at radius 1 is 1.16 bits per heavy atom. The van der Waals surface area contributed by atoms with Gasteiger partial charge in [-0.2, -0.15) is 0 Å². The average Bonchev–Trinajstić information content (AvgIpc) is 2.73. The smallest absolute Gasteiger partial charge is 0.123 e. The predicted octanol–water partition coefficient (Wildman–Crippen LogP) is 4.04. The monoisotopic (exact) mass is 261 g/mol. The molecule has 19 heavy (non-hydrogen) atoms. The van der Waals surface area contributed by atoms with Crippen molar-refractivity contribution in [2.45, 2.75) is 33.7 Å². The predicted molar refractivity (Wildman–Crippen MR) is 74.8 cm³/mol. The van der Waals surface area contributed by atoms with Gasteiger partial charge in [-0.15, -0.1) is 0 Å². The van der Waals surface area contributed by atoms with E-state index < -0.39 is 0 Å². The van der Waals surface area contributed by atoms with Gasteiger partial charge in [-0.1, -0.05) is 6.92 Å². The number of halogens is 1. The van der Waals surface area contributed by atoms with Gasteiger partial charge in [0.25, 0.3) is 0 Å². The van der Waals surface area contributed by atoms with Crippen molar-refractivity contribution in [1.82, 2.24) is 5.32 Å². The number of hydrogen-bond acceptors (Lipinski definition) is 2. The van der Waals surface area contributed by atoms with E-state index in [9.17, 15) is 4.39 Å². The maximum absolute atomic E-state index is 13.4. The molecule has 0 fully saturated rings. The van der Waals surface area contributed by atoms with Gasteiger partial charge in [0.05, 0.1) is 12.3 Å². The first kappa shape index (κ1) is 13.8. The van der Waals surface area contributed by atoms with Crippen LogP contribution in [-0.4, -0.2) is 6.54 Å². The van der Waals surface area contributed by atoms with Crippen molar-refractivity contribution < 1.29 is 8.81 Å². The Morgan fingerprint density at radius 3 is 2.26 bits per heavy atom. The summed E-state index contributed by atoms with van der Waals surface area (Å²) in [4.78, 5) is 0. The lowest BCUT2D eigenvalue weighted by molar-refractivity contribution is 0.525. The lowest BCUT2D eigenvalue weighted by Crippen LogP contribution is -2.23. The third-order valence-electron chi connectivity index (χ3n) is 3.34. The minimum absolute atomic E-state index is 0.0445. The van der Waals surface area contributed by atoms with E-state index in [4.69, 9.17) is 4.42 Å². The fourth-order valence-electron chi connectivity index (χ4n) is 2.58. The third-order valence-corrected chi connectivity index (χ3v) is 3.34. The van der Waals surface area contributed by atoms with Crippen molar-refractivity contribution in [3.63, 3.8) is 0 Å². The van der Waals surface area contributed by atoms with E-state index in [0.29, 0.717) is 0 Å². The van der Waals surface area contributed by atoms with Crippen LogP contribution in [0.3, 0.4) is 0 Å². The molecular weight excluding hydrogens is 241 g/mol. The quantitative estimate of drug-likeness (QED) is 0.898. The lowest BCUT2D eigenvalue weighted by atomic mass is 9.92. The number of benzene rings is 1. The second-order valence-electron chi connectivity index (χ2n) is 4.93. The molecule has 2 rings (SSSR count). The number of hydrogen-bond donors (Lipinski definition) is 1. The van der Waals surface area contributed by atoms with Crippen LogP contribution in [0.25, 0.3) is 0 Å². The van der Waals surface area contributed by atoms with Gasteiger partial charge in [0.15, 0.2) is 0 Å². The Hall–Kier alpha value is -1.61. The van der Waals surface area contributed by atoms with Crippen molar-refractivity contribution in [2.24, 2.45) is 0 Å². The summed E-state index contributed by atoms with van der Waals surface area (Å²) in [7, 11) is 0. The van der Waals surface area contributed by atoms with E-state index in [1.165, 1.54) is 0 Å². The molecule has 0 radical (unpaired) electrons. The highest BCUT2D eigenvalue weighted by Gasteiger charge is 2.19. The fourth-order valence-corrected chi connectivity index (χ4v) is 2.58. The topological polar surface area (TPSA) is 25.2 Å². The van der Waals surface area contributed by atoms with Crippen LogP contribution in [0.4, 0.5) is 4.39 Å². The summed E-state index contributed by atoms with van der Waals surface area (Å²) < 4.78 is 18.8. The Labute approximate surface area is 113 Å². The molecular formula is C16H20FNO. The normalized spacial score (nSPS) is 12.7. The lowest BCUT2D eigenvalue weighted by Gasteiger charge is -2.21. The van der Waals surface area contributed by atoms with Crippen LogP contribution >= 0.6 is 0 Å². The Kier molecular flexibility index (Phi) is 4.05. The molecule has 0 saturated heterocycles. The average molecular weight is 261 g/mol. The molecule has 1 aromatic heterocycles. The van der Waals surface area contributed by atoms with E-state index in [2.05, 4.69) is 12.2 Å². The van der Waals surface area contributed by atoms with Crippen LogP contribution in [0.2, 0.25) is 0 Å². The molecule has 0 spiro atoms. The highest BCUT2D eigenvalue weighted by Crippen LogP contribution is 2.29. The van der Waals surface area contributed by atoms with Gasteiger partial charge >= 0.3 is 0 Å². The summed E-state index contributed by atoms with van der Waals surface area (Å²) in [5.74, 6) is 0.702. The first-order chi connectivity index (χ1) is 9.02. The second-order valence-corrected chi connectivity index (χ2v) is 4.93. The van der Waals surface area contributed by atoms with E-state index in [-0.39, 0.29) is 11.9 Å². The third kappa shape index (κ3) is 2.87. The minimum Gasteiger partial charge on any atom is -0.469 e. The molecule has 0 aliphatic heterocycles. The Morgan fingerprint density at radius 2 is 1.79 bits per heavy atom. The molecule has 0 aliphatic rings. The van der Waals surface area contributed by atoms with Crippen LogP contribution in [0.15, 0.2) is 28.9 Å². The molecule has 0 saturated carbocycles. The number of rotatable bonds is 4. The second kappa shape index (κ2) is 5.57. The van der Waals surface area contributed by atoms with Crippen molar-refractivity contribution in [3.8, 4) is 0 Å². The standard InChI is InChI=1S/C16H20FNO/c1-5-18-16(13-8-12(4)19-9-13)15-10(2)6-14(17)7-11(15)3/h6-9,16,18H,5H2,1-4H3. The van der Waals surface area contributed by atoms with E-state index in [1.807, 2.05) is 26.8 Å². The highest BCUT2D eigenvalue weighted by molar-refractivity contribution is 5.42. The summed E-state index contributed by atoms with van der Waals surface area (Å²) in [5.41, 5.74) is 4.13. The maximum atomic E-state index is 13.4. The highest BCUT2D eigenvalue weighted by atomic mass is 19.1. The van der Waals surface area contributed by atoms with E-state index in [1.54, 1.807) is 18.4 Å². The molecule has 0 bridgehead atoms. The molecule has 0 amide bonds. The minimum atomic E-state index is -0.183.